The fraction of sp³-hybridized carbons (Fsp3) is 1.00. The Morgan fingerprint density at radius 2 is 1.75 bits per heavy atom. The van der Waals surface area contributed by atoms with Crippen molar-refractivity contribution < 1.29 is 24.2 Å². The minimum Gasteiger partial charge on any atom is -0.393 e. The number of rotatable bonds is 6. The van der Waals surface area contributed by atoms with Gasteiger partial charge in [0, 0.05) is 12.8 Å². The van der Waals surface area contributed by atoms with Crippen molar-refractivity contribution in [2.45, 2.75) is 50.7 Å². The van der Waals surface area contributed by atoms with Crippen LogP contribution in [0.1, 0.15) is 38.5 Å². The minimum atomic E-state index is -3.83. The van der Waals surface area contributed by atoms with Gasteiger partial charge in [-0.3, -0.25) is 4.57 Å². The summed E-state index contributed by atoms with van der Waals surface area (Å²) in [7, 11) is -3.83. The molecule has 3 N–H and O–H groups in total. The molecule has 1 saturated carbocycles. The summed E-state index contributed by atoms with van der Waals surface area (Å²) < 4.78 is 16.1. The Kier molecular flexibility index (Phi) is 5.94. The van der Waals surface area contributed by atoms with Gasteiger partial charge in [-0.25, -0.2) is 0 Å². The van der Waals surface area contributed by atoms with E-state index in [1.165, 1.54) is 0 Å². The molecule has 0 bridgehead atoms. The maximum atomic E-state index is 10.6. The number of hydrogen-bond acceptors (Lipinski definition) is 3. The second-order valence-electron chi connectivity index (χ2n) is 4.40. The molecular formula is C10H21O5P. The van der Waals surface area contributed by atoms with Crippen LogP contribution in [0.4, 0.5) is 0 Å². The van der Waals surface area contributed by atoms with E-state index in [2.05, 4.69) is 0 Å². The molecular weight excluding hydrogens is 231 g/mol. The monoisotopic (exact) mass is 252 g/mol. The van der Waals surface area contributed by atoms with E-state index < -0.39 is 7.60 Å². The van der Waals surface area contributed by atoms with Gasteiger partial charge < -0.3 is 19.6 Å². The van der Waals surface area contributed by atoms with Gasteiger partial charge in [-0.15, -0.1) is 0 Å². The summed E-state index contributed by atoms with van der Waals surface area (Å²) in [5.41, 5.74) is 0. The largest absolute Gasteiger partial charge is 0.393 e. The molecule has 0 unspecified atom stereocenters. The van der Waals surface area contributed by atoms with Crippen LogP contribution in [0.5, 0.6) is 0 Å². The third-order valence-electron chi connectivity index (χ3n) is 2.84. The fourth-order valence-corrected chi connectivity index (χ4v) is 2.52. The number of aliphatic hydroxyl groups is 1. The van der Waals surface area contributed by atoms with Crippen molar-refractivity contribution in [3.8, 4) is 0 Å². The molecule has 6 heteroatoms. The molecule has 0 spiro atoms. The SMILES string of the molecule is O=P(O)(O)CCCCOC1CCC(O)CC1. The van der Waals surface area contributed by atoms with Crippen LogP contribution in [0.15, 0.2) is 0 Å². The first-order valence-corrected chi connectivity index (χ1v) is 7.61. The molecule has 0 amide bonds. The van der Waals surface area contributed by atoms with E-state index in [0.29, 0.717) is 19.4 Å². The zero-order valence-corrected chi connectivity index (χ0v) is 10.3. The predicted octanol–water partition coefficient (Wildman–Crippen LogP) is 1.26. The quantitative estimate of drug-likeness (QED) is 0.489. The summed E-state index contributed by atoms with van der Waals surface area (Å²) in [6.07, 6.45) is 4.55. The number of ether oxygens (including phenoxy) is 1. The first-order chi connectivity index (χ1) is 7.47. The number of hydrogen-bond donors (Lipinski definition) is 3. The molecule has 0 heterocycles. The highest BCUT2D eigenvalue weighted by atomic mass is 31.2. The molecule has 0 atom stereocenters. The first kappa shape index (κ1) is 14.1. The van der Waals surface area contributed by atoms with E-state index in [1.54, 1.807) is 0 Å². The van der Waals surface area contributed by atoms with E-state index in [0.717, 1.165) is 25.7 Å². The maximum Gasteiger partial charge on any atom is 0.325 e. The zero-order valence-electron chi connectivity index (χ0n) is 9.42. The lowest BCUT2D eigenvalue weighted by Gasteiger charge is -2.25. The lowest BCUT2D eigenvalue weighted by Crippen LogP contribution is -2.24. The molecule has 16 heavy (non-hydrogen) atoms. The third kappa shape index (κ3) is 6.61. The summed E-state index contributed by atoms with van der Waals surface area (Å²) >= 11 is 0. The lowest BCUT2D eigenvalue weighted by molar-refractivity contribution is -0.00405. The fourth-order valence-electron chi connectivity index (χ4n) is 1.88. The molecule has 1 rings (SSSR count). The molecule has 1 aliphatic rings. The van der Waals surface area contributed by atoms with Crippen LogP contribution in [0.3, 0.4) is 0 Å². The number of unbranched alkanes of at least 4 members (excludes halogenated alkanes) is 1. The molecule has 0 radical (unpaired) electrons. The van der Waals surface area contributed by atoms with Gasteiger partial charge in [0.2, 0.25) is 0 Å². The van der Waals surface area contributed by atoms with Gasteiger partial charge in [0.15, 0.2) is 0 Å². The topological polar surface area (TPSA) is 87.0 Å². The molecule has 0 aliphatic heterocycles. The van der Waals surface area contributed by atoms with Gasteiger partial charge in [0.1, 0.15) is 0 Å². The molecule has 0 saturated heterocycles. The van der Waals surface area contributed by atoms with E-state index in [-0.39, 0.29) is 18.4 Å². The molecule has 1 aliphatic carbocycles. The molecule has 96 valence electrons. The van der Waals surface area contributed by atoms with Crippen molar-refractivity contribution in [3.05, 3.63) is 0 Å². The van der Waals surface area contributed by atoms with Gasteiger partial charge >= 0.3 is 7.60 Å². The Balaban J connectivity index is 1.97. The summed E-state index contributed by atoms with van der Waals surface area (Å²) in [4.78, 5) is 17.3. The summed E-state index contributed by atoms with van der Waals surface area (Å²) in [5, 5.41) is 9.28. The number of aliphatic hydroxyl groups excluding tert-OH is 1. The first-order valence-electron chi connectivity index (χ1n) is 5.81. The molecule has 1 fully saturated rings. The van der Waals surface area contributed by atoms with E-state index >= 15 is 0 Å². The summed E-state index contributed by atoms with van der Waals surface area (Å²) in [6.45, 7) is 0.556. The van der Waals surface area contributed by atoms with Crippen molar-refractivity contribution in [2.24, 2.45) is 0 Å². The van der Waals surface area contributed by atoms with Crippen molar-refractivity contribution in [1.29, 1.82) is 0 Å². The van der Waals surface area contributed by atoms with E-state index in [4.69, 9.17) is 14.5 Å². The van der Waals surface area contributed by atoms with Crippen LogP contribution in [-0.2, 0) is 9.30 Å². The van der Waals surface area contributed by atoms with Gasteiger partial charge in [-0.2, -0.15) is 0 Å². The summed E-state index contributed by atoms with van der Waals surface area (Å²) in [5.74, 6) is 0. The standard InChI is InChI=1S/C10H21O5P/c11-9-3-5-10(6-4-9)15-7-1-2-8-16(12,13)14/h9-11H,1-8H2,(H2,12,13,14). The molecule has 0 aromatic rings. The third-order valence-corrected chi connectivity index (χ3v) is 3.74. The molecule has 5 nitrogen and oxygen atoms in total. The second-order valence-corrected chi connectivity index (χ2v) is 6.17. The van der Waals surface area contributed by atoms with Gasteiger partial charge in [0.25, 0.3) is 0 Å². The van der Waals surface area contributed by atoms with Crippen LogP contribution in [-0.4, -0.2) is 39.9 Å². The Morgan fingerprint density at radius 1 is 1.12 bits per heavy atom. The second kappa shape index (κ2) is 6.72. The van der Waals surface area contributed by atoms with Crippen molar-refractivity contribution in [2.75, 3.05) is 12.8 Å². The molecule has 0 aromatic carbocycles. The highest BCUT2D eigenvalue weighted by Crippen LogP contribution is 2.35. The zero-order chi connectivity index (χ0) is 12.0. The highest BCUT2D eigenvalue weighted by molar-refractivity contribution is 7.51. The van der Waals surface area contributed by atoms with Gasteiger partial charge in [-0.05, 0) is 38.5 Å². The Labute approximate surface area is 96.0 Å². The smallest absolute Gasteiger partial charge is 0.325 e. The Hall–Kier alpha value is 0.0700. The van der Waals surface area contributed by atoms with Gasteiger partial charge in [-0.1, -0.05) is 0 Å². The van der Waals surface area contributed by atoms with Crippen LogP contribution in [0.2, 0.25) is 0 Å². The van der Waals surface area contributed by atoms with Crippen LogP contribution in [0, 0.1) is 0 Å². The van der Waals surface area contributed by atoms with Crippen molar-refractivity contribution >= 4 is 7.60 Å². The average molecular weight is 252 g/mol. The Bertz CT molecular complexity index is 231. The van der Waals surface area contributed by atoms with Crippen LogP contribution >= 0.6 is 7.60 Å². The Morgan fingerprint density at radius 3 is 2.31 bits per heavy atom. The van der Waals surface area contributed by atoms with E-state index in [9.17, 15) is 9.67 Å². The van der Waals surface area contributed by atoms with Gasteiger partial charge in [0.05, 0.1) is 12.2 Å². The maximum absolute atomic E-state index is 10.6. The normalized spacial score (nSPS) is 26.9. The van der Waals surface area contributed by atoms with Crippen molar-refractivity contribution in [1.82, 2.24) is 0 Å². The van der Waals surface area contributed by atoms with E-state index in [1.807, 2.05) is 0 Å². The predicted molar refractivity (Wildman–Crippen MR) is 60.4 cm³/mol. The lowest BCUT2D eigenvalue weighted by atomic mass is 9.95. The van der Waals surface area contributed by atoms with Crippen molar-refractivity contribution in [3.63, 3.8) is 0 Å². The average Bonchev–Trinajstić information content (AvgIpc) is 2.19. The highest BCUT2D eigenvalue weighted by Gasteiger charge is 2.19. The minimum absolute atomic E-state index is 0.0558. The van der Waals surface area contributed by atoms with Crippen LogP contribution < -0.4 is 0 Å². The molecule has 0 aromatic heterocycles. The summed E-state index contributed by atoms with van der Waals surface area (Å²) in [6, 6.07) is 0. The van der Waals surface area contributed by atoms with Crippen LogP contribution in [0.25, 0.3) is 0 Å².